The summed E-state index contributed by atoms with van der Waals surface area (Å²) in [5.41, 5.74) is -5.21. The maximum Gasteiger partial charge on any atom is 0.416 e. The van der Waals surface area contributed by atoms with Gasteiger partial charge in [0.05, 0.1) is 24.3 Å². The predicted molar refractivity (Wildman–Crippen MR) is 103 cm³/mol. The van der Waals surface area contributed by atoms with Gasteiger partial charge >= 0.3 is 18.3 Å². The minimum absolute atomic E-state index is 0.0147. The van der Waals surface area contributed by atoms with Crippen molar-refractivity contribution in [2.24, 2.45) is 5.41 Å². The lowest BCUT2D eigenvalue weighted by atomic mass is 9.89. The Bertz CT molecular complexity index is 766. The molecule has 0 amide bonds. The van der Waals surface area contributed by atoms with Crippen LogP contribution in [0.15, 0.2) is 35.4 Å². The van der Waals surface area contributed by atoms with E-state index in [9.17, 15) is 31.1 Å². The van der Waals surface area contributed by atoms with Crippen LogP contribution in [0.2, 0.25) is 0 Å². The molecule has 0 radical (unpaired) electrons. The van der Waals surface area contributed by atoms with Crippen molar-refractivity contribution < 1.29 is 44.8 Å². The third kappa shape index (κ3) is 7.95. The molecule has 0 heterocycles. The lowest BCUT2D eigenvalue weighted by molar-refractivity contribution is -0.157. The molecule has 0 spiro atoms. The summed E-state index contributed by atoms with van der Waals surface area (Å²) in [5, 5.41) is 0. The Morgan fingerprint density at radius 2 is 1.45 bits per heavy atom. The molecule has 0 bridgehead atoms. The molecule has 0 aromatic heterocycles. The van der Waals surface area contributed by atoms with E-state index in [-0.39, 0.29) is 30.5 Å². The van der Waals surface area contributed by atoms with Crippen molar-refractivity contribution in [2.75, 3.05) is 13.2 Å². The highest BCUT2D eigenvalue weighted by Crippen LogP contribution is 2.40. The lowest BCUT2D eigenvalue weighted by Crippen LogP contribution is -2.39. The number of benzene rings is 1. The summed E-state index contributed by atoms with van der Waals surface area (Å²) in [7, 11) is 0. The Morgan fingerprint density at radius 1 is 0.968 bits per heavy atom. The standard InChI is InChI=1S/C20H24F6O4S/c1-7-28-16(27)18(6,12(2)30-17(3,4)5)11-29-31-15-9-13(19(21,22)23)8-14(10-15)20(24,25)26/h8-10H,2,7,11H2,1,3-6H3. The highest BCUT2D eigenvalue weighted by molar-refractivity contribution is 7.94. The summed E-state index contributed by atoms with van der Waals surface area (Å²) in [6.45, 7) is 11.4. The van der Waals surface area contributed by atoms with Gasteiger partial charge in [-0.15, -0.1) is 0 Å². The summed E-state index contributed by atoms with van der Waals surface area (Å²) in [6.07, 6.45) is -9.96. The van der Waals surface area contributed by atoms with Gasteiger partial charge in [-0.1, -0.05) is 6.58 Å². The molecule has 0 aliphatic carbocycles. The van der Waals surface area contributed by atoms with Crippen molar-refractivity contribution in [1.29, 1.82) is 0 Å². The number of hydrogen-bond donors (Lipinski definition) is 0. The maximum atomic E-state index is 13.0. The zero-order chi connectivity index (χ0) is 24.3. The SMILES string of the molecule is C=C(OC(C)(C)C)C(C)(COSc1cc(C(F)(F)F)cc(C(F)(F)F)c1)C(=O)OCC. The Morgan fingerprint density at radius 3 is 1.84 bits per heavy atom. The fourth-order valence-corrected chi connectivity index (χ4v) is 3.00. The van der Waals surface area contributed by atoms with E-state index in [1.54, 1.807) is 27.7 Å². The first-order valence-corrected chi connectivity index (χ1v) is 9.79. The molecule has 1 unspecified atom stereocenters. The minimum Gasteiger partial charge on any atom is -0.492 e. The molecule has 0 saturated heterocycles. The van der Waals surface area contributed by atoms with Crippen molar-refractivity contribution in [3.63, 3.8) is 0 Å². The highest BCUT2D eigenvalue weighted by atomic mass is 32.2. The van der Waals surface area contributed by atoms with E-state index >= 15 is 0 Å². The van der Waals surface area contributed by atoms with E-state index in [4.69, 9.17) is 13.7 Å². The molecular weight excluding hydrogens is 450 g/mol. The third-order valence-corrected chi connectivity index (χ3v) is 4.50. The van der Waals surface area contributed by atoms with Crippen molar-refractivity contribution in [3.8, 4) is 0 Å². The van der Waals surface area contributed by atoms with Crippen LogP contribution in [-0.2, 0) is 30.8 Å². The van der Waals surface area contributed by atoms with Crippen LogP contribution in [0.25, 0.3) is 0 Å². The normalized spacial score (nSPS) is 14.7. The second-order valence-corrected chi connectivity index (χ2v) is 8.65. The van der Waals surface area contributed by atoms with Crippen molar-refractivity contribution in [3.05, 3.63) is 41.7 Å². The van der Waals surface area contributed by atoms with Gasteiger partial charge in [-0.3, -0.25) is 4.79 Å². The van der Waals surface area contributed by atoms with Crippen molar-refractivity contribution in [1.82, 2.24) is 0 Å². The number of alkyl halides is 6. The van der Waals surface area contributed by atoms with Gasteiger partial charge in [0.15, 0.2) is 0 Å². The molecule has 0 N–H and O–H groups in total. The van der Waals surface area contributed by atoms with Crippen LogP contribution in [0.4, 0.5) is 26.3 Å². The first kappa shape index (κ1) is 27.2. The van der Waals surface area contributed by atoms with E-state index in [1.807, 2.05) is 0 Å². The van der Waals surface area contributed by atoms with Crippen molar-refractivity contribution in [2.45, 2.75) is 57.5 Å². The van der Waals surface area contributed by atoms with Crippen LogP contribution in [0.5, 0.6) is 0 Å². The molecule has 1 atom stereocenters. The number of ether oxygens (including phenoxy) is 2. The Kier molecular flexibility index (Phi) is 8.52. The van der Waals surface area contributed by atoms with Gasteiger partial charge in [0, 0.05) is 16.9 Å². The molecular formula is C20H24F6O4S. The molecule has 0 aliphatic heterocycles. The Hall–Kier alpha value is -1.88. The van der Waals surface area contributed by atoms with Gasteiger partial charge in [0.2, 0.25) is 0 Å². The smallest absolute Gasteiger partial charge is 0.416 e. The number of halogens is 6. The van der Waals surface area contributed by atoms with E-state index in [0.29, 0.717) is 12.1 Å². The zero-order valence-electron chi connectivity index (χ0n) is 17.7. The number of carbonyl (C=O) groups is 1. The Labute approximate surface area is 181 Å². The van der Waals surface area contributed by atoms with Crippen molar-refractivity contribution >= 4 is 18.0 Å². The third-order valence-electron chi connectivity index (χ3n) is 3.83. The quantitative estimate of drug-likeness (QED) is 0.183. The second kappa shape index (κ2) is 9.72. The first-order chi connectivity index (χ1) is 13.9. The summed E-state index contributed by atoms with van der Waals surface area (Å²) >= 11 is 0.274. The summed E-state index contributed by atoms with van der Waals surface area (Å²) in [5.74, 6) is -0.774. The van der Waals surface area contributed by atoms with Crippen LogP contribution in [0.1, 0.15) is 45.7 Å². The van der Waals surface area contributed by atoms with E-state index in [1.165, 1.54) is 6.92 Å². The predicted octanol–water partition coefficient (Wildman–Crippen LogP) is 6.65. The van der Waals surface area contributed by atoms with Gasteiger partial charge < -0.3 is 13.7 Å². The average Bonchev–Trinajstić information content (AvgIpc) is 2.58. The van der Waals surface area contributed by atoms with Gasteiger partial charge in [0.1, 0.15) is 16.8 Å². The monoisotopic (exact) mass is 474 g/mol. The number of esters is 1. The molecule has 1 aromatic carbocycles. The molecule has 4 nitrogen and oxygen atoms in total. The highest BCUT2D eigenvalue weighted by Gasteiger charge is 2.42. The van der Waals surface area contributed by atoms with Crippen LogP contribution >= 0.6 is 12.0 Å². The first-order valence-electron chi connectivity index (χ1n) is 9.04. The molecule has 1 aromatic rings. The molecule has 1 rings (SSSR count). The summed E-state index contributed by atoms with van der Waals surface area (Å²) in [4.78, 5) is 12.0. The van der Waals surface area contributed by atoms with Crippen LogP contribution < -0.4 is 0 Å². The fourth-order valence-electron chi connectivity index (χ4n) is 2.22. The van der Waals surface area contributed by atoms with E-state index in [0.717, 1.165) is 0 Å². The number of carbonyl (C=O) groups excluding carboxylic acids is 1. The summed E-state index contributed by atoms with van der Waals surface area (Å²) in [6, 6.07) is 1.08. The minimum atomic E-state index is -4.98. The maximum absolute atomic E-state index is 13.0. The topological polar surface area (TPSA) is 44.8 Å². The molecule has 176 valence electrons. The molecule has 0 aliphatic rings. The zero-order valence-corrected chi connectivity index (χ0v) is 18.5. The Balaban J connectivity index is 3.13. The number of rotatable bonds is 8. The fraction of sp³-hybridized carbons (Fsp3) is 0.550. The van der Waals surface area contributed by atoms with E-state index < -0.39 is 52.0 Å². The van der Waals surface area contributed by atoms with Crippen LogP contribution in [0.3, 0.4) is 0 Å². The van der Waals surface area contributed by atoms with Crippen LogP contribution in [-0.4, -0.2) is 24.8 Å². The molecule has 11 heteroatoms. The van der Waals surface area contributed by atoms with Gasteiger partial charge in [-0.25, -0.2) is 0 Å². The van der Waals surface area contributed by atoms with Gasteiger partial charge in [-0.05, 0) is 52.8 Å². The molecule has 31 heavy (non-hydrogen) atoms. The van der Waals surface area contributed by atoms with Gasteiger partial charge in [0.25, 0.3) is 0 Å². The van der Waals surface area contributed by atoms with E-state index in [2.05, 4.69) is 6.58 Å². The molecule has 0 fully saturated rings. The number of hydrogen-bond acceptors (Lipinski definition) is 5. The summed E-state index contributed by atoms with van der Waals surface area (Å²) < 4.78 is 93.9. The largest absolute Gasteiger partial charge is 0.492 e. The second-order valence-electron chi connectivity index (χ2n) is 7.78. The van der Waals surface area contributed by atoms with Crippen LogP contribution in [0, 0.1) is 5.41 Å². The van der Waals surface area contributed by atoms with Gasteiger partial charge in [-0.2, -0.15) is 26.3 Å². The lowest BCUT2D eigenvalue weighted by Gasteiger charge is -2.33. The molecule has 0 saturated carbocycles. The average molecular weight is 474 g/mol.